The third kappa shape index (κ3) is 3.26. The number of nitrogens with one attached hydrogen (secondary N) is 1. The highest BCUT2D eigenvalue weighted by atomic mass is 127. The van der Waals surface area contributed by atoms with E-state index in [9.17, 15) is 4.79 Å². The van der Waals surface area contributed by atoms with Crippen LogP contribution in [0.25, 0.3) is 0 Å². The van der Waals surface area contributed by atoms with Crippen molar-refractivity contribution < 1.29 is 7.86 Å². The van der Waals surface area contributed by atoms with E-state index in [0.29, 0.717) is 6.42 Å². The van der Waals surface area contributed by atoms with E-state index in [2.05, 4.69) is 8.38 Å². The lowest BCUT2D eigenvalue weighted by molar-refractivity contribution is -0.131. The maximum Gasteiger partial charge on any atom is 0.317 e. The Morgan fingerprint density at radius 2 is 2.14 bits per heavy atom. The van der Waals surface area contributed by atoms with Crippen LogP contribution in [0.4, 0.5) is 0 Å². The maximum atomic E-state index is 11.1. The topological polar surface area (TPSA) is 38.3 Å². The van der Waals surface area contributed by atoms with E-state index in [4.69, 9.17) is 0 Å². The summed E-state index contributed by atoms with van der Waals surface area (Å²) in [6.07, 6.45) is 0.351. The minimum Gasteiger partial charge on any atom is -0.394 e. The first-order valence-electron chi connectivity index (χ1n) is 4.31. The van der Waals surface area contributed by atoms with Gasteiger partial charge in [-0.2, -0.15) is 0 Å². The standard InChI is InChI=1S/C10H12INO2/c1-12-9(7-10(13)14-11)8-5-3-2-4-6-8/h2-6,9,12H,7H2,1H3/t9-/m1/s1. The van der Waals surface area contributed by atoms with Crippen LogP contribution < -0.4 is 5.32 Å². The first-order chi connectivity index (χ1) is 6.77. The molecule has 0 spiro atoms. The second-order valence-electron chi connectivity index (χ2n) is 2.91. The molecule has 0 unspecified atom stereocenters. The fourth-order valence-electron chi connectivity index (χ4n) is 1.27. The van der Waals surface area contributed by atoms with Gasteiger partial charge in [0.1, 0.15) is 0 Å². The summed E-state index contributed by atoms with van der Waals surface area (Å²) < 4.78 is 4.60. The molecule has 0 saturated heterocycles. The lowest BCUT2D eigenvalue weighted by atomic mass is 10.0. The number of benzene rings is 1. The summed E-state index contributed by atoms with van der Waals surface area (Å²) in [7, 11) is 1.83. The Kier molecular flexibility index (Phi) is 4.89. The molecule has 1 rings (SSSR count). The highest BCUT2D eigenvalue weighted by Crippen LogP contribution is 2.16. The van der Waals surface area contributed by atoms with Gasteiger partial charge in [-0.1, -0.05) is 30.3 Å². The zero-order valence-corrected chi connectivity index (χ0v) is 10.0. The van der Waals surface area contributed by atoms with Gasteiger partial charge in [-0.15, -0.1) is 0 Å². The lowest BCUT2D eigenvalue weighted by Crippen LogP contribution is -2.19. The Morgan fingerprint density at radius 3 is 2.64 bits per heavy atom. The molecule has 1 aromatic rings. The summed E-state index contributed by atoms with van der Waals surface area (Å²) in [6, 6.07) is 9.86. The Bertz CT molecular complexity index is 289. The molecule has 76 valence electrons. The third-order valence-electron chi connectivity index (χ3n) is 2.01. The average molecular weight is 305 g/mol. The summed E-state index contributed by atoms with van der Waals surface area (Å²) in [5.41, 5.74) is 1.09. The highest BCUT2D eigenvalue weighted by Gasteiger charge is 2.13. The molecule has 4 heteroatoms. The second kappa shape index (κ2) is 5.98. The molecule has 0 saturated carbocycles. The van der Waals surface area contributed by atoms with Crippen molar-refractivity contribution >= 4 is 29.0 Å². The van der Waals surface area contributed by atoms with Gasteiger partial charge < -0.3 is 8.38 Å². The van der Waals surface area contributed by atoms with Crippen molar-refractivity contribution in [3.05, 3.63) is 35.9 Å². The van der Waals surface area contributed by atoms with Crippen molar-refractivity contribution in [2.45, 2.75) is 12.5 Å². The van der Waals surface area contributed by atoms with Gasteiger partial charge in [0, 0.05) is 6.04 Å². The maximum absolute atomic E-state index is 11.1. The summed E-state index contributed by atoms with van der Waals surface area (Å²) in [5, 5.41) is 3.08. The van der Waals surface area contributed by atoms with Crippen LogP contribution in [-0.2, 0) is 7.86 Å². The van der Waals surface area contributed by atoms with Crippen molar-refractivity contribution in [1.82, 2.24) is 5.32 Å². The minimum absolute atomic E-state index is 0.0264. The molecule has 0 bridgehead atoms. The molecule has 0 aromatic heterocycles. The quantitative estimate of drug-likeness (QED) is 0.867. The second-order valence-corrected chi connectivity index (χ2v) is 3.35. The van der Waals surface area contributed by atoms with E-state index in [0.717, 1.165) is 5.56 Å². The van der Waals surface area contributed by atoms with Gasteiger partial charge in [-0.25, -0.2) is 0 Å². The molecular formula is C10H12INO2. The molecule has 1 aromatic carbocycles. The summed E-state index contributed by atoms with van der Waals surface area (Å²) in [6.45, 7) is 0. The van der Waals surface area contributed by atoms with Gasteiger partial charge in [-0.3, -0.25) is 4.79 Å². The normalized spacial score (nSPS) is 12.1. The van der Waals surface area contributed by atoms with Gasteiger partial charge in [0.15, 0.2) is 23.0 Å². The van der Waals surface area contributed by atoms with Crippen molar-refractivity contribution in [3.8, 4) is 0 Å². The molecule has 0 radical (unpaired) electrons. The van der Waals surface area contributed by atoms with E-state index < -0.39 is 0 Å². The molecule has 0 heterocycles. The molecule has 0 amide bonds. The van der Waals surface area contributed by atoms with Crippen LogP contribution >= 0.6 is 23.0 Å². The average Bonchev–Trinajstić information content (AvgIpc) is 2.26. The Hall–Kier alpha value is -0.620. The third-order valence-corrected chi connectivity index (χ3v) is 2.50. The van der Waals surface area contributed by atoms with Crippen LogP contribution in [0.15, 0.2) is 30.3 Å². The van der Waals surface area contributed by atoms with Gasteiger partial charge in [0.25, 0.3) is 0 Å². The Balaban J connectivity index is 2.68. The van der Waals surface area contributed by atoms with Crippen LogP contribution in [0.2, 0.25) is 0 Å². The van der Waals surface area contributed by atoms with Gasteiger partial charge in [0.05, 0.1) is 6.42 Å². The zero-order valence-electron chi connectivity index (χ0n) is 7.87. The molecule has 0 fully saturated rings. The molecule has 1 N–H and O–H groups in total. The summed E-state index contributed by atoms with van der Waals surface area (Å²) >= 11 is 1.61. The van der Waals surface area contributed by atoms with Gasteiger partial charge in [0.2, 0.25) is 0 Å². The van der Waals surface area contributed by atoms with E-state index in [1.807, 2.05) is 37.4 Å². The number of rotatable bonds is 4. The molecular weight excluding hydrogens is 293 g/mol. The first kappa shape index (κ1) is 11.5. The van der Waals surface area contributed by atoms with Crippen molar-refractivity contribution in [1.29, 1.82) is 0 Å². The summed E-state index contributed by atoms with van der Waals surface area (Å²) in [5.74, 6) is -0.214. The number of halogens is 1. The molecule has 0 aliphatic carbocycles. The molecule has 14 heavy (non-hydrogen) atoms. The van der Waals surface area contributed by atoms with E-state index in [-0.39, 0.29) is 12.0 Å². The highest BCUT2D eigenvalue weighted by molar-refractivity contribution is 14.1. The number of hydrogen-bond donors (Lipinski definition) is 1. The Morgan fingerprint density at radius 1 is 1.50 bits per heavy atom. The van der Waals surface area contributed by atoms with Crippen LogP contribution in [0.1, 0.15) is 18.0 Å². The molecule has 0 aliphatic heterocycles. The zero-order chi connectivity index (χ0) is 10.4. The van der Waals surface area contributed by atoms with E-state index >= 15 is 0 Å². The van der Waals surface area contributed by atoms with Crippen LogP contribution in [-0.4, -0.2) is 13.0 Å². The summed E-state index contributed by atoms with van der Waals surface area (Å²) in [4.78, 5) is 11.1. The fraction of sp³-hybridized carbons (Fsp3) is 0.300. The number of hydrogen-bond acceptors (Lipinski definition) is 3. The van der Waals surface area contributed by atoms with Crippen molar-refractivity contribution in [2.75, 3.05) is 7.05 Å². The van der Waals surface area contributed by atoms with Gasteiger partial charge >= 0.3 is 5.97 Å². The predicted octanol–water partition coefficient (Wildman–Crippen LogP) is 2.23. The number of carbonyl (C=O) groups is 1. The van der Waals surface area contributed by atoms with Gasteiger partial charge in [-0.05, 0) is 12.6 Å². The lowest BCUT2D eigenvalue weighted by Gasteiger charge is -2.14. The number of carbonyl (C=O) groups excluding carboxylic acids is 1. The molecule has 1 atom stereocenters. The monoisotopic (exact) mass is 305 g/mol. The van der Waals surface area contributed by atoms with E-state index in [1.165, 1.54) is 0 Å². The van der Waals surface area contributed by atoms with Crippen LogP contribution in [0.5, 0.6) is 0 Å². The van der Waals surface area contributed by atoms with Crippen LogP contribution in [0.3, 0.4) is 0 Å². The van der Waals surface area contributed by atoms with Crippen molar-refractivity contribution in [2.24, 2.45) is 0 Å². The minimum atomic E-state index is -0.214. The predicted molar refractivity (Wildman–Crippen MR) is 63.0 cm³/mol. The molecule has 3 nitrogen and oxygen atoms in total. The smallest absolute Gasteiger partial charge is 0.317 e. The first-order valence-corrected chi connectivity index (χ1v) is 5.19. The Labute approximate surface area is 97.5 Å². The SMILES string of the molecule is CN[C@H](CC(=O)OI)c1ccccc1. The largest absolute Gasteiger partial charge is 0.394 e. The van der Waals surface area contributed by atoms with E-state index in [1.54, 1.807) is 23.0 Å². The van der Waals surface area contributed by atoms with Crippen LogP contribution in [0, 0.1) is 0 Å². The van der Waals surface area contributed by atoms with Crippen molar-refractivity contribution in [3.63, 3.8) is 0 Å². The fourth-order valence-corrected chi connectivity index (χ4v) is 1.45. The molecule has 0 aliphatic rings.